The third kappa shape index (κ3) is 5.82. The van der Waals surface area contributed by atoms with E-state index in [4.69, 9.17) is 14.2 Å². The minimum Gasteiger partial charge on any atom is -0.497 e. The average molecular weight is 435 g/mol. The molecular weight excluding hydrogens is 412 g/mol. The topological polar surface area (TPSA) is 61.8 Å². The van der Waals surface area contributed by atoms with Crippen LogP contribution >= 0.6 is 15.9 Å². The number of rotatable bonds is 8. The lowest BCUT2D eigenvalue weighted by atomic mass is 9.79. The second-order valence-electron chi connectivity index (χ2n) is 6.06. The normalized spacial score (nSPS) is 12.7. The molecule has 2 aromatic rings. The Morgan fingerprint density at radius 2 is 1.56 bits per heavy atom. The van der Waals surface area contributed by atoms with Gasteiger partial charge in [0.05, 0.1) is 26.7 Å². The van der Waals surface area contributed by atoms with Gasteiger partial charge in [0.15, 0.2) is 0 Å². The molecule has 0 spiro atoms. The maximum atomic E-state index is 12.7. The fourth-order valence-electron chi connectivity index (χ4n) is 3.04. The Hall–Kier alpha value is -2.34. The van der Waals surface area contributed by atoms with Crippen molar-refractivity contribution in [2.75, 3.05) is 20.8 Å². The summed E-state index contributed by atoms with van der Waals surface area (Å²) in [4.78, 5) is 23.8. The van der Waals surface area contributed by atoms with Crippen molar-refractivity contribution >= 4 is 27.9 Å². The molecular formula is C21H23BrO5. The van der Waals surface area contributed by atoms with Crippen LogP contribution in [0.3, 0.4) is 0 Å². The molecule has 0 aliphatic carbocycles. The Balaban J connectivity index is 2.42. The van der Waals surface area contributed by atoms with E-state index in [9.17, 15) is 9.59 Å². The van der Waals surface area contributed by atoms with E-state index < -0.39 is 5.92 Å². The summed E-state index contributed by atoms with van der Waals surface area (Å²) in [5, 5.41) is 0. The summed E-state index contributed by atoms with van der Waals surface area (Å²) in [6.45, 7) is 1.59. The van der Waals surface area contributed by atoms with Crippen molar-refractivity contribution in [1.82, 2.24) is 0 Å². The van der Waals surface area contributed by atoms with E-state index in [0.717, 1.165) is 21.3 Å². The van der Waals surface area contributed by atoms with Gasteiger partial charge in [-0.25, -0.2) is 0 Å². The molecule has 0 bridgehead atoms. The molecule has 0 heterocycles. The van der Waals surface area contributed by atoms with Crippen LogP contribution in [0.15, 0.2) is 53.0 Å². The number of hydrogen-bond donors (Lipinski definition) is 0. The summed E-state index contributed by atoms with van der Waals surface area (Å²) >= 11 is 3.42. The zero-order valence-electron chi connectivity index (χ0n) is 15.6. The van der Waals surface area contributed by atoms with Crippen LogP contribution < -0.4 is 4.74 Å². The van der Waals surface area contributed by atoms with E-state index in [2.05, 4.69) is 15.9 Å². The third-order valence-corrected chi connectivity index (χ3v) is 4.89. The largest absolute Gasteiger partial charge is 0.497 e. The molecule has 0 fully saturated rings. The molecule has 0 aliphatic rings. The Labute approximate surface area is 167 Å². The first-order valence-electron chi connectivity index (χ1n) is 8.57. The van der Waals surface area contributed by atoms with Crippen LogP contribution in [0.2, 0.25) is 0 Å². The molecule has 6 heteroatoms. The van der Waals surface area contributed by atoms with Crippen molar-refractivity contribution in [3.63, 3.8) is 0 Å². The zero-order valence-corrected chi connectivity index (χ0v) is 17.2. The van der Waals surface area contributed by atoms with Gasteiger partial charge in [-0.15, -0.1) is 0 Å². The lowest BCUT2D eigenvalue weighted by Crippen LogP contribution is -2.23. The molecule has 2 rings (SSSR count). The van der Waals surface area contributed by atoms with Gasteiger partial charge in [-0.05, 0) is 41.8 Å². The molecule has 144 valence electrons. The SMILES string of the molecule is COC(=O)[C@@H](c1ccc(Br)cc1)[C@@H](CCOC(C)=O)c1ccc(OC)cc1. The molecule has 2 atom stereocenters. The van der Waals surface area contributed by atoms with Crippen LogP contribution in [0.25, 0.3) is 0 Å². The number of carbonyl (C=O) groups excluding carboxylic acids is 2. The van der Waals surface area contributed by atoms with Crippen molar-refractivity contribution in [2.45, 2.75) is 25.2 Å². The van der Waals surface area contributed by atoms with E-state index in [1.165, 1.54) is 14.0 Å². The number of halogens is 1. The van der Waals surface area contributed by atoms with Gasteiger partial charge in [-0.2, -0.15) is 0 Å². The summed E-state index contributed by atoms with van der Waals surface area (Å²) in [5.74, 6) is -0.686. The van der Waals surface area contributed by atoms with E-state index in [1.54, 1.807) is 7.11 Å². The number of carbonyl (C=O) groups is 2. The Kier molecular flexibility index (Phi) is 7.85. The standard InChI is InChI=1S/C21H23BrO5/c1-14(23)27-13-12-19(15-6-10-18(25-2)11-7-15)20(21(24)26-3)16-4-8-17(22)9-5-16/h4-11,19-20H,12-13H2,1-3H3/t19-,20-/m0/s1. The molecule has 0 aromatic heterocycles. The Bertz CT molecular complexity index is 755. The minimum atomic E-state index is -0.521. The van der Waals surface area contributed by atoms with Crippen LogP contribution in [-0.4, -0.2) is 32.8 Å². The van der Waals surface area contributed by atoms with Gasteiger partial charge in [-0.1, -0.05) is 40.2 Å². The molecule has 0 saturated heterocycles. The number of benzene rings is 2. The Morgan fingerprint density at radius 1 is 0.963 bits per heavy atom. The predicted octanol–water partition coefficient (Wildman–Crippen LogP) is 4.45. The fourth-order valence-corrected chi connectivity index (χ4v) is 3.30. The van der Waals surface area contributed by atoms with Crippen molar-refractivity contribution in [3.05, 3.63) is 64.1 Å². The van der Waals surface area contributed by atoms with Gasteiger partial charge in [0.1, 0.15) is 5.75 Å². The molecule has 0 radical (unpaired) electrons. The number of esters is 2. The molecule has 27 heavy (non-hydrogen) atoms. The molecule has 0 N–H and O–H groups in total. The van der Waals surface area contributed by atoms with E-state index in [0.29, 0.717) is 6.42 Å². The number of methoxy groups -OCH3 is 2. The summed E-state index contributed by atoms with van der Waals surface area (Å²) in [5.41, 5.74) is 1.79. The van der Waals surface area contributed by atoms with Crippen LogP contribution in [0.1, 0.15) is 36.3 Å². The number of hydrogen-bond acceptors (Lipinski definition) is 5. The summed E-state index contributed by atoms with van der Waals surface area (Å²) in [6.07, 6.45) is 0.488. The molecule has 5 nitrogen and oxygen atoms in total. The quantitative estimate of drug-likeness (QED) is 0.574. The summed E-state index contributed by atoms with van der Waals surface area (Å²) < 4.78 is 16.4. The lowest BCUT2D eigenvalue weighted by molar-refractivity contribution is -0.143. The van der Waals surface area contributed by atoms with Gasteiger partial charge in [-0.3, -0.25) is 9.59 Å². The maximum Gasteiger partial charge on any atom is 0.313 e. The molecule has 0 saturated carbocycles. The van der Waals surface area contributed by atoms with Crippen molar-refractivity contribution in [1.29, 1.82) is 0 Å². The van der Waals surface area contributed by atoms with Gasteiger partial charge in [0.25, 0.3) is 0 Å². The van der Waals surface area contributed by atoms with Crippen LogP contribution in [0.5, 0.6) is 5.75 Å². The highest BCUT2D eigenvalue weighted by Crippen LogP contribution is 2.37. The van der Waals surface area contributed by atoms with Gasteiger partial charge < -0.3 is 14.2 Å². The first kappa shape index (κ1) is 21.0. The first-order valence-corrected chi connectivity index (χ1v) is 9.36. The van der Waals surface area contributed by atoms with Crippen molar-refractivity contribution < 1.29 is 23.8 Å². The second-order valence-corrected chi connectivity index (χ2v) is 6.98. The minimum absolute atomic E-state index is 0.218. The third-order valence-electron chi connectivity index (χ3n) is 4.36. The Morgan fingerprint density at radius 3 is 2.07 bits per heavy atom. The predicted molar refractivity (Wildman–Crippen MR) is 106 cm³/mol. The average Bonchev–Trinajstić information content (AvgIpc) is 2.68. The number of ether oxygens (including phenoxy) is 3. The monoisotopic (exact) mass is 434 g/mol. The smallest absolute Gasteiger partial charge is 0.313 e. The van der Waals surface area contributed by atoms with Crippen molar-refractivity contribution in [3.8, 4) is 5.75 Å². The van der Waals surface area contributed by atoms with Crippen LogP contribution in [-0.2, 0) is 19.1 Å². The van der Waals surface area contributed by atoms with E-state index in [-0.39, 0.29) is 24.5 Å². The van der Waals surface area contributed by atoms with Gasteiger partial charge in [0, 0.05) is 17.3 Å². The highest BCUT2D eigenvalue weighted by atomic mass is 79.9. The van der Waals surface area contributed by atoms with Crippen LogP contribution in [0, 0.1) is 0 Å². The van der Waals surface area contributed by atoms with E-state index in [1.807, 2.05) is 48.5 Å². The second kappa shape index (κ2) is 10.1. The molecule has 0 amide bonds. The van der Waals surface area contributed by atoms with Gasteiger partial charge in [0.2, 0.25) is 0 Å². The van der Waals surface area contributed by atoms with Gasteiger partial charge >= 0.3 is 11.9 Å². The fraction of sp³-hybridized carbons (Fsp3) is 0.333. The summed E-state index contributed by atoms with van der Waals surface area (Å²) in [7, 11) is 2.98. The molecule has 0 unspecified atom stereocenters. The van der Waals surface area contributed by atoms with Crippen molar-refractivity contribution in [2.24, 2.45) is 0 Å². The summed E-state index contributed by atoms with van der Waals surface area (Å²) in [6, 6.07) is 15.1. The highest BCUT2D eigenvalue weighted by Gasteiger charge is 2.32. The molecule has 0 aliphatic heterocycles. The highest BCUT2D eigenvalue weighted by molar-refractivity contribution is 9.10. The zero-order chi connectivity index (χ0) is 19.8. The van der Waals surface area contributed by atoms with E-state index >= 15 is 0 Å². The molecule has 2 aromatic carbocycles. The van der Waals surface area contributed by atoms with Crippen LogP contribution in [0.4, 0.5) is 0 Å². The first-order chi connectivity index (χ1) is 13.0. The lowest BCUT2D eigenvalue weighted by Gasteiger charge is -2.26. The maximum absolute atomic E-state index is 12.7.